The Morgan fingerprint density at radius 1 is 1.10 bits per heavy atom. The fraction of sp³-hybridized carbons (Fsp3) is 0.375. The number of hydrogen-bond donors (Lipinski definition) is 1. The Labute approximate surface area is 120 Å². The van der Waals surface area contributed by atoms with Gasteiger partial charge in [0, 0.05) is 18.7 Å². The molecule has 0 spiro atoms. The number of ether oxygens (including phenoxy) is 1. The Bertz CT molecular complexity index is 586. The van der Waals surface area contributed by atoms with Crippen molar-refractivity contribution in [3.8, 4) is 11.4 Å². The maximum Gasteiger partial charge on any atom is 0.161 e. The van der Waals surface area contributed by atoms with Gasteiger partial charge in [-0.05, 0) is 11.0 Å². The van der Waals surface area contributed by atoms with E-state index >= 15 is 0 Å². The van der Waals surface area contributed by atoms with Crippen molar-refractivity contribution in [2.45, 2.75) is 32.8 Å². The fourth-order valence-corrected chi connectivity index (χ4v) is 1.99. The summed E-state index contributed by atoms with van der Waals surface area (Å²) in [7, 11) is 1.64. The molecule has 1 aromatic carbocycles. The van der Waals surface area contributed by atoms with E-state index in [9.17, 15) is 0 Å². The Morgan fingerprint density at radius 2 is 1.75 bits per heavy atom. The van der Waals surface area contributed by atoms with Crippen LogP contribution >= 0.6 is 0 Å². The molecule has 0 aliphatic carbocycles. The van der Waals surface area contributed by atoms with Crippen LogP contribution in [0, 0.1) is 0 Å². The monoisotopic (exact) mass is 271 g/mol. The molecule has 0 aliphatic heterocycles. The molecular formula is C16H21N3O. The molecule has 20 heavy (non-hydrogen) atoms. The molecule has 0 saturated heterocycles. The lowest BCUT2D eigenvalue weighted by Crippen LogP contribution is -2.10. The SMILES string of the molecule is COCc1cc(N)nc(-c2ccc(C(C)(C)C)cc2)n1. The predicted molar refractivity (Wildman–Crippen MR) is 81.3 cm³/mol. The van der Waals surface area contributed by atoms with E-state index in [1.807, 2.05) is 12.1 Å². The number of aromatic nitrogens is 2. The topological polar surface area (TPSA) is 61.0 Å². The Kier molecular flexibility index (Phi) is 4.04. The molecule has 2 N–H and O–H groups in total. The van der Waals surface area contributed by atoms with Gasteiger partial charge in [0.25, 0.3) is 0 Å². The van der Waals surface area contributed by atoms with Gasteiger partial charge in [-0.3, -0.25) is 0 Å². The van der Waals surface area contributed by atoms with Gasteiger partial charge in [0.1, 0.15) is 5.82 Å². The second kappa shape index (κ2) is 5.59. The van der Waals surface area contributed by atoms with Crippen molar-refractivity contribution in [1.82, 2.24) is 9.97 Å². The molecule has 0 bridgehead atoms. The molecule has 0 aliphatic rings. The van der Waals surface area contributed by atoms with Gasteiger partial charge in [0.2, 0.25) is 0 Å². The Morgan fingerprint density at radius 3 is 2.30 bits per heavy atom. The van der Waals surface area contributed by atoms with Crippen LogP contribution in [0.1, 0.15) is 32.0 Å². The smallest absolute Gasteiger partial charge is 0.161 e. The highest BCUT2D eigenvalue weighted by Gasteiger charge is 2.13. The molecule has 0 atom stereocenters. The Hall–Kier alpha value is -1.94. The zero-order valence-electron chi connectivity index (χ0n) is 12.5. The summed E-state index contributed by atoms with van der Waals surface area (Å²) in [4.78, 5) is 8.76. The van der Waals surface area contributed by atoms with Crippen LogP contribution in [0.4, 0.5) is 5.82 Å². The first-order chi connectivity index (χ1) is 9.40. The van der Waals surface area contributed by atoms with Gasteiger partial charge in [-0.25, -0.2) is 9.97 Å². The van der Waals surface area contributed by atoms with E-state index < -0.39 is 0 Å². The molecular weight excluding hydrogens is 250 g/mol. The lowest BCUT2D eigenvalue weighted by molar-refractivity contribution is 0.181. The van der Waals surface area contributed by atoms with Crippen LogP contribution in [0.15, 0.2) is 30.3 Å². The van der Waals surface area contributed by atoms with Gasteiger partial charge in [0.15, 0.2) is 5.82 Å². The number of nitrogens with zero attached hydrogens (tertiary/aromatic N) is 2. The molecule has 4 nitrogen and oxygen atoms in total. The van der Waals surface area contributed by atoms with E-state index in [1.54, 1.807) is 13.2 Å². The third kappa shape index (κ3) is 3.33. The first-order valence-electron chi connectivity index (χ1n) is 6.63. The second-order valence-electron chi connectivity index (χ2n) is 5.87. The van der Waals surface area contributed by atoms with Crippen molar-refractivity contribution in [2.24, 2.45) is 0 Å². The van der Waals surface area contributed by atoms with Crippen molar-refractivity contribution >= 4 is 5.82 Å². The molecule has 1 aromatic heterocycles. The van der Waals surface area contributed by atoms with Crippen molar-refractivity contribution in [3.05, 3.63) is 41.6 Å². The largest absolute Gasteiger partial charge is 0.384 e. The van der Waals surface area contributed by atoms with Gasteiger partial charge in [-0.15, -0.1) is 0 Å². The Balaban J connectivity index is 2.36. The van der Waals surface area contributed by atoms with E-state index in [4.69, 9.17) is 10.5 Å². The first kappa shape index (κ1) is 14.5. The molecule has 2 rings (SSSR count). The maximum atomic E-state index is 5.82. The normalized spacial score (nSPS) is 11.6. The molecule has 0 radical (unpaired) electrons. The summed E-state index contributed by atoms with van der Waals surface area (Å²) in [6.45, 7) is 7.00. The maximum absolute atomic E-state index is 5.82. The summed E-state index contributed by atoms with van der Waals surface area (Å²) in [6.07, 6.45) is 0. The van der Waals surface area contributed by atoms with E-state index in [0.29, 0.717) is 18.2 Å². The van der Waals surface area contributed by atoms with Gasteiger partial charge in [-0.2, -0.15) is 0 Å². The van der Waals surface area contributed by atoms with E-state index in [0.717, 1.165) is 11.3 Å². The van der Waals surface area contributed by atoms with E-state index in [-0.39, 0.29) is 5.41 Å². The molecule has 0 amide bonds. The molecule has 0 unspecified atom stereocenters. The van der Waals surface area contributed by atoms with Crippen LogP contribution in [0.3, 0.4) is 0 Å². The number of nitrogens with two attached hydrogens (primary N) is 1. The van der Waals surface area contributed by atoms with Crippen molar-refractivity contribution < 1.29 is 4.74 Å². The van der Waals surface area contributed by atoms with Gasteiger partial charge >= 0.3 is 0 Å². The van der Waals surface area contributed by atoms with E-state index in [1.165, 1.54) is 5.56 Å². The first-order valence-corrected chi connectivity index (χ1v) is 6.63. The highest BCUT2D eigenvalue weighted by Crippen LogP contribution is 2.25. The van der Waals surface area contributed by atoms with Crippen LogP contribution in [-0.4, -0.2) is 17.1 Å². The number of rotatable bonds is 3. The average molecular weight is 271 g/mol. The predicted octanol–water partition coefficient (Wildman–Crippen LogP) is 3.17. The lowest BCUT2D eigenvalue weighted by atomic mass is 9.87. The van der Waals surface area contributed by atoms with Gasteiger partial charge in [-0.1, -0.05) is 45.0 Å². The van der Waals surface area contributed by atoms with Crippen LogP contribution in [0.25, 0.3) is 11.4 Å². The van der Waals surface area contributed by atoms with Crippen LogP contribution in [-0.2, 0) is 16.8 Å². The molecule has 4 heteroatoms. The zero-order valence-corrected chi connectivity index (χ0v) is 12.5. The summed E-state index contributed by atoms with van der Waals surface area (Å²) < 4.78 is 5.09. The lowest BCUT2D eigenvalue weighted by Gasteiger charge is -2.19. The highest BCUT2D eigenvalue weighted by molar-refractivity contribution is 5.57. The number of anilines is 1. The summed E-state index contributed by atoms with van der Waals surface area (Å²) in [5.74, 6) is 1.10. The van der Waals surface area contributed by atoms with Crippen LogP contribution < -0.4 is 5.73 Å². The molecule has 1 heterocycles. The third-order valence-corrected chi connectivity index (χ3v) is 3.10. The molecule has 0 fully saturated rings. The summed E-state index contributed by atoms with van der Waals surface area (Å²) in [5, 5.41) is 0. The zero-order chi connectivity index (χ0) is 14.8. The fourth-order valence-electron chi connectivity index (χ4n) is 1.99. The van der Waals surface area contributed by atoms with Gasteiger partial charge in [0.05, 0.1) is 12.3 Å². The minimum absolute atomic E-state index is 0.135. The molecule has 0 saturated carbocycles. The quantitative estimate of drug-likeness (QED) is 0.931. The third-order valence-electron chi connectivity index (χ3n) is 3.10. The highest BCUT2D eigenvalue weighted by atomic mass is 16.5. The molecule has 2 aromatic rings. The van der Waals surface area contributed by atoms with Gasteiger partial charge < -0.3 is 10.5 Å². The molecule has 106 valence electrons. The summed E-state index contributed by atoms with van der Waals surface area (Å²) in [5.41, 5.74) is 8.98. The number of nitrogen functional groups attached to an aromatic ring is 1. The number of hydrogen-bond acceptors (Lipinski definition) is 4. The summed E-state index contributed by atoms with van der Waals surface area (Å²) >= 11 is 0. The van der Waals surface area contributed by atoms with Crippen LogP contribution in [0.2, 0.25) is 0 Å². The number of benzene rings is 1. The van der Waals surface area contributed by atoms with E-state index in [2.05, 4.69) is 42.9 Å². The minimum atomic E-state index is 0.135. The standard InChI is InChI=1S/C16H21N3O/c1-16(2,3)12-7-5-11(6-8-12)15-18-13(10-20-4)9-14(17)19-15/h5-9H,10H2,1-4H3,(H2,17,18,19). The van der Waals surface area contributed by atoms with Crippen LogP contribution in [0.5, 0.6) is 0 Å². The minimum Gasteiger partial charge on any atom is -0.384 e. The van der Waals surface area contributed by atoms with Crippen molar-refractivity contribution in [1.29, 1.82) is 0 Å². The van der Waals surface area contributed by atoms with Crippen molar-refractivity contribution in [3.63, 3.8) is 0 Å². The second-order valence-corrected chi connectivity index (χ2v) is 5.87. The summed E-state index contributed by atoms with van der Waals surface area (Å²) in [6, 6.07) is 10.0. The van der Waals surface area contributed by atoms with Crippen molar-refractivity contribution in [2.75, 3.05) is 12.8 Å². The number of methoxy groups -OCH3 is 1. The average Bonchev–Trinajstić information content (AvgIpc) is 2.37.